The summed E-state index contributed by atoms with van der Waals surface area (Å²) >= 11 is 0. The summed E-state index contributed by atoms with van der Waals surface area (Å²) in [5.41, 5.74) is 0. The number of hydrogen-bond acceptors (Lipinski definition) is 15. The van der Waals surface area contributed by atoms with Crippen LogP contribution in [0.3, 0.4) is 0 Å². The minimum Gasteiger partial charge on any atom is -0.462 e. The monoisotopic (exact) mass is 1230 g/mol. The number of hydrogen-bond donors (Lipinski definition) is 3. The number of rotatable bonds is 63. The number of ether oxygens (including phenoxy) is 4. The average Bonchev–Trinajstić information content (AvgIpc) is 3.49. The third kappa shape index (κ3) is 58.8. The normalized spacial score (nSPS) is 14.3. The maximum Gasteiger partial charge on any atom is 0.472 e. The van der Waals surface area contributed by atoms with Crippen molar-refractivity contribution in [3.05, 3.63) is 0 Å². The van der Waals surface area contributed by atoms with Crippen molar-refractivity contribution in [2.45, 2.75) is 336 Å². The maximum atomic E-state index is 13.0. The largest absolute Gasteiger partial charge is 0.472 e. The second-order valence-electron chi connectivity index (χ2n) is 24.1. The van der Waals surface area contributed by atoms with E-state index in [0.29, 0.717) is 25.7 Å². The highest BCUT2D eigenvalue weighted by Crippen LogP contribution is 2.45. The molecular weight excluding hydrogens is 1100 g/mol. The van der Waals surface area contributed by atoms with Crippen LogP contribution in [0.25, 0.3) is 0 Å². The fourth-order valence-corrected chi connectivity index (χ4v) is 11.1. The average molecular weight is 1230 g/mol. The summed E-state index contributed by atoms with van der Waals surface area (Å²) < 4.78 is 67.7. The second kappa shape index (κ2) is 56.6. The summed E-state index contributed by atoms with van der Waals surface area (Å²) in [6.45, 7) is 9.40. The van der Waals surface area contributed by atoms with Crippen LogP contribution >= 0.6 is 15.6 Å². The molecule has 0 saturated heterocycles. The Morgan fingerprint density at radius 2 is 0.554 bits per heavy atom. The maximum absolute atomic E-state index is 13.0. The van der Waals surface area contributed by atoms with Gasteiger partial charge in [0.05, 0.1) is 26.4 Å². The first-order valence-electron chi connectivity index (χ1n) is 33.5. The van der Waals surface area contributed by atoms with Crippen molar-refractivity contribution in [3.63, 3.8) is 0 Å². The Kier molecular flexibility index (Phi) is 55.2. The van der Waals surface area contributed by atoms with Gasteiger partial charge in [-0.05, 0) is 37.5 Å². The third-order valence-electron chi connectivity index (χ3n) is 14.7. The van der Waals surface area contributed by atoms with E-state index in [1.165, 1.54) is 116 Å². The lowest BCUT2D eigenvalue weighted by Crippen LogP contribution is -2.30. The van der Waals surface area contributed by atoms with Gasteiger partial charge in [-0.25, -0.2) is 9.13 Å². The molecule has 0 amide bonds. The lowest BCUT2D eigenvalue weighted by Gasteiger charge is -2.21. The SMILES string of the molecule is CCCCCCCCCC(=O)O[C@H](COC(=O)CCCCCCC)COP(=O)(O)OC[C@H](O)COP(=O)(O)OC[C@@H](COC(=O)CCCCCCCCCCCCCCC(C)C)OC(=O)CCCCCCCCCCCCCCCC(C)C. The van der Waals surface area contributed by atoms with Gasteiger partial charge in [-0.15, -0.1) is 0 Å². The standard InChI is InChI=1S/C64H124O17P2/c1-7-9-11-13-27-36-42-48-63(68)80-59(52-74-61(66)46-40-32-12-10-8-2)54-78-82(70,71)76-50-58(65)51-77-83(72,73)79-55-60(53-75-62(67)47-41-35-30-25-21-18-17-20-24-29-34-39-45-57(5)6)81-64(69)49-43-37-31-26-22-16-14-15-19-23-28-33-38-44-56(3)4/h56-60,65H,7-55H2,1-6H3,(H,70,71)(H,72,73)/t58-,59+,60+/m0/s1. The molecule has 0 fully saturated rings. The zero-order chi connectivity index (χ0) is 61.5. The lowest BCUT2D eigenvalue weighted by atomic mass is 10.0. The van der Waals surface area contributed by atoms with E-state index in [0.717, 1.165) is 121 Å². The van der Waals surface area contributed by atoms with Crippen molar-refractivity contribution in [2.75, 3.05) is 39.6 Å². The van der Waals surface area contributed by atoms with Gasteiger partial charge < -0.3 is 33.8 Å². The molecular formula is C64H124O17P2. The van der Waals surface area contributed by atoms with Crippen molar-refractivity contribution >= 4 is 39.5 Å². The first-order chi connectivity index (χ1) is 39.9. The van der Waals surface area contributed by atoms with Crippen LogP contribution < -0.4 is 0 Å². The van der Waals surface area contributed by atoms with E-state index >= 15 is 0 Å². The van der Waals surface area contributed by atoms with E-state index in [2.05, 4.69) is 41.5 Å². The summed E-state index contributed by atoms with van der Waals surface area (Å²) in [6.07, 6.45) is 39.4. The van der Waals surface area contributed by atoms with E-state index in [4.69, 9.17) is 37.0 Å². The molecule has 0 aromatic rings. The van der Waals surface area contributed by atoms with Crippen molar-refractivity contribution in [2.24, 2.45) is 11.8 Å². The van der Waals surface area contributed by atoms with Crippen LogP contribution in [-0.4, -0.2) is 96.7 Å². The van der Waals surface area contributed by atoms with E-state index in [9.17, 15) is 43.2 Å². The number of carbonyl (C=O) groups excluding carboxylic acids is 4. The highest BCUT2D eigenvalue weighted by atomic mass is 31.2. The van der Waals surface area contributed by atoms with Crippen LogP contribution in [-0.2, 0) is 65.4 Å². The predicted molar refractivity (Wildman–Crippen MR) is 331 cm³/mol. The highest BCUT2D eigenvalue weighted by molar-refractivity contribution is 7.47. The summed E-state index contributed by atoms with van der Waals surface area (Å²) in [5, 5.41) is 10.5. The molecule has 0 aromatic heterocycles. The highest BCUT2D eigenvalue weighted by Gasteiger charge is 2.30. The number of esters is 4. The molecule has 83 heavy (non-hydrogen) atoms. The van der Waals surface area contributed by atoms with Gasteiger partial charge >= 0.3 is 39.5 Å². The van der Waals surface area contributed by atoms with Gasteiger partial charge in [0.15, 0.2) is 12.2 Å². The summed E-state index contributed by atoms with van der Waals surface area (Å²) in [5.74, 6) is -0.580. The van der Waals surface area contributed by atoms with Gasteiger partial charge in [-0.3, -0.25) is 37.3 Å². The van der Waals surface area contributed by atoms with E-state index in [-0.39, 0.29) is 25.7 Å². The van der Waals surface area contributed by atoms with Crippen molar-refractivity contribution in [1.29, 1.82) is 0 Å². The molecule has 0 aromatic carbocycles. The van der Waals surface area contributed by atoms with Gasteiger partial charge in [-0.2, -0.15) is 0 Å². The molecule has 17 nitrogen and oxygen atoms in total. The Hall–Kier alpha value is -1.94. The third-order valence-corrected chi connectivity index (χ3v) is 16.6. The molecule has 0 aliphatic rings. The molecule has 3 N–H and O–H groups in total. The fourth-order valence-electron chi connectivity index (χ4n) is 9.53. The fraction of sp³-hybridized carbons (Fsp3) is 0.938. The molecule has 0 heterocycles. The summed E-state index contributed by atoms with van der Waals surface area (Å²) in [7, 11) is -9.87. The van der Waals surface area contributed by atoms with Gasteiger partial charge in [0.2, 0.25) is 0 Å². The molecule has 0 spiro atoms. The topological polar surface area (TPSA) is 237 Å². The zero-order valence-electron chi connectivity index (χ0n) is 53.5. The molecule has 0 aliphatic heterocycles. The minimum atomic E-state index is -4.94. The molecule has 0 radical (unpaired) electrons. The molecule has 0 aliphatic carbocycles. The number of aliphatic hydroxyl groups excluding tert-OH is 1. The zero-order valence-corrected chi connectivity index (χ0v) is 55.3. The molecule has 5 atom stereocenters. The van der Waals surface area contributed by atoms with Crippen LogP contribution in [0, 0.1) is 11.8 Å². The Labute approximate surface area is 505 Å². The van der Waals surface area contributed by atoms with E-state index in [1.807, 2.05) is 0 Å². The Morgan fingerprint density at radius 1 is 0.325 bits per heavy atom. The van der Waals surface area contributed by atoms with Gasteiger partial charge in [0.1, 0.15) is 19.3 Å². The Balaban J connectivity index is 5.14. The van der Waals surface area contributed by atoms with Gasteiger partial charge in [0.25, 0.3) is 0 Å². The summed E-state index contributed by atoms with van der Waals surface area (Å²) in [4.78, 5) is 71.8. The molecule has 0 saturated carbocycles. The minimum absolute atomic E-state index is 0.103. The van der Waals surface area contributed by atoms with Crippen molar-refractivity contribution in [3.8, 4) is 0 Å². The Bertz CT molecular complexity index is 1630. The molecule has 2 unspecified atom stereocenters. The number of phosphoric ester groups is 2. The predicted octanol–water partition coefficient (Wildman–Crippen LogP) is 17.7. The first-order valence-corrected chi connectivity index (χ1v) is 36.5. The Morgan fingerprint density at radius 3 is 0.819 bits per heavy atom. The second-order valence-corrected chi connectivity index (χ2v) is 27.0. The number of aliphatic hydroxyl groups is 1. The first kappa shape index (κ1) is 81.1. The molecule has 0 rings (SSSR count). The number of phosphoric acid groups is 2. The molecule has 19 heteroatoms. The van der Waals surface area contributed by atoms with Crippen LogP contribution in [0.1, 0.15) is 318 Å². The van der Waals surface area contributed by atoms with E-state index in [1.54, 1.807) is 0 Å². The molecule has 492 valence electrons. The summed E-state index contributed by atoms with van der Waals surface area (Å²) in [6, 6.07) is 0. The quantitative estimate of drug-likeness (QED) is 0.0222. The van der Waals surface area contributed by atoms with E-state index < -0.39 is 97.5 Å². The molecule has 0 bridgehead atoms. The smallest absolute Gasteiger partial charge is 0.462 e. The number of unbranched alkanes of at least 4 members (excludes halogenated alkanes) is 33. The van der Waals surface area contributed by atoms with Gasteiger partial charge in [-0.1, -0.05) is 266 Å². The van der Waals surface area contributed by atoms with Crippen LogP contribution in [0.2, 0.25) is 0 Å². The number of carbonyl (C=O) groups is 4. The van der Waals surface area contributed by atoms with Crippen LogP contribution in [0.5, 0.6) is 0 Å². The van der Waals surface area contributed by atoms with Crippen molar-refractivity contribution in [1.82, 2.24) is 0 Å². The lowest BCUT2D eigenvalue weighted by molar-refractivity contribution is -0.161. The van der Waals surface area contributed by atoms with Crippen LogP contribution in [0.15, 0.2) is 0 Å². The van der Waals surface area contributed by atoms with Crippen LogP contribution in [0.4, 0.5) is 0 Å². The van der Waals surface area contributed by atoms with Crippen molar-refractivity contribution < 1.29 is 80.2 Å². The van der Waals surface area contributed by atoms with Gasteiger partial charge in [0, 0.05) is 25.7 Å².